The molecule has 7 nitrogen and oxygen atoms in total. The lowest BCUT2D eigenvalue weighted by Crippen LogP contribution is -2.26. The molecule has 0 radical (unpaired) electrons. The number of rotatable bonds is 9. The first-order valence-corrected chi connectivity index (χ1v) is 9.99. The number of halogens is 1. The minimum Gasteiger partial charge on any atom is -0.493 e. The molecular formula is C22H25BrN2O5. The molecule has 0 bridgehead atoms. The van der Waals surface area contributed by atoms with Crippen LogP contribution in [0, 0.1) is 6.92 Å². The van der Waals surface area contributed by atoms with Gasteiger partial charge >= 0.3 is 0 Å². The molecule has 0 fully saturated rings. The Morgan fingerprint density at radius 3 is 2.30 bits per heavy atom. The number of carbonyl (C=O) groups excluding carboxylic acids is 2. The standard InChI is InChI=1S/C22H25BrN2O5/c1-14-5-7-16(23)13-17(14)25-21(27)9-10-24-20(26)8-6-15-11-18(28-2)22(30-4)19(12-15)29-3/h5-8,11-13H,9-10H2,1-4H3,(H,24,26)(H,25,27)/b8-6+. The van der Waals surface area contributed by atoms with E-state index in [1.807, 2.05) is 25.1 Å². The molecule has 0 unspecified atom stereocenters. The van der Waals surface area contributed by atoms with Gasteiger partial charge in [0.2, 0.25) is 17.6 Å². The van der Waals surface area contributed by atoms with E-state index in [2.05, 4.69) is 26.6 Å². The monoisotopic (exact) mass is 476 g/mol. The first kappa shape index (κ1) is 23.3. The Bertz CT molecular complexity index is 918. The van der Waals surface area contributed by atoms with E-state index < -0.39 is 0 Å². The summed E-state index contributed by atoms with van der Waals surface area (Å²) in [6, 6.07) is 9.13. The highest BCUT2D eigenvalue weighted by atomic mass is 79.9. The van der Waals surface area contributed by atoms with Crippen LogP contribution in [-0.2, 0) is 9.59 Å². The molecular weight excluding hydrogens is 452 g/mol. The van der Waals surface area contributed by atoms with Crippen molar-refractivity contribution < 1.29 is 23.8 Å². The van der Waals surface area contributed by atoms with Gasteiger partial charge in [0.15, 0.2) is 11.5 Å². The van der Waals surface area contributed by atoms with Gasteiger partial charge in [0.25, 0.3) is 0 Å². The van der Waals surface area contributed by atoms with Crippen LogP contribution < -0.4 is 24.8 Å². The summed E-state index contributed by atoms with van der Waals surface area (Å²) in [6.07, 6.45) is 3.18. The van der Waals surface area contributed by atoms with E-state index in [-0.39, 0.29) is 24.8 Å². The van der Waals surface area contributed by atoms with Crippen LogP contribution in [0.3, 0.4) is 0 Å². The molecule has 2 aromatic rings. The Kier molecular flexibility index (Phi) is 8.73. The fraction of sp³-hybridized carbons (Fsp3) is 0.273. The van der Waals surface area contributed by atoms with Crippen LogP contribution >= 0.6 is 15.9 Å². The Hall–Kier alpha value is -3.00. The van der Waals surface area contributed by atoms with Crippen LogP contribution in [0.2, 0.25) is 0 Å². The second-order valence-electron chi connectivity index (χ2n) is 6.34. The van der Waals surface area contributed by atoms with Crippen molar-refractivity contribution in [2.45, 2.75) is 13.3 Å². The number of aryl methyl sites for hydroxylation is 1. The summed E-state index contributed by atoms with van der Waals surface area (Å²) in [4.78, 5) is 24.2. The van der Waals surface area contributed by atoms with Gasteiger partial charge in [-0.05, 0) is 48.4 Å². The maximum absolute atomic E-state index is 12.1. The number of anilines is 1. The molecule has 0 spiro atoms. The van der Waals surface area contributed by atoms with Gasteiger partial charge in [0, 0.05) is 29.2 Å². The van der Waals surface area contributed by atoms with Crippen LogP contribution in [0.1, 0.15) is 17.5 Å². The summed E-state index contributed by atoms with van der Waals surface area (Å²) >= 11 is 3.38. The maximum Gasteiger partial charge on any atom is 0.244 e. The highest BCUT2D eigenvalue weighted by Gasteiger charge is 2.12. The Morgan fingerprint density at radius 2 is 1.70 bits per heavy atom. The van der Waals surface area contributed by atoms with Crippen molar-refractivity contribution in [2.75, 3.05) is 33.2 Å². The summed E-state index contributed by atoms with van der Waals surface area (Å²) in [5.74, 6) is 0.987. The van der Waals surface area contributed by atoms with Crippen LogP contribution in [-0.4, -0.2) is 39.7 Å². The van der Waals surface area contributed by atoms with E-state index in [1.165, 1.54) is 27.4 Å². The van der Waals surface area contributed by atoms with E-state index in [9.17, 15) is 9.59 Å². The number of amides is 2. The van der Waals surface area contributed by atoms with E-state index in [0.29, 0.717) is 22.8 Å². The topological polar surface area (TPSA) is 85.9 Å². The summed E-state index contributed by atoms with van der Waals surface area (Å²) in [5, 5.41) is 5.53. The van der Waals surface area contributed by atoms with Gasteiger partial charge in [0.05, 0.1) is 21.3 Å². The Balaban J connectivity index is 1.89. The van der Waals surface area contributed by atoms with Gasteiger partial charge < -0.3 is 24.8 Å². The van der Waals surface area contributed by atoms with Crippen LogP contribution in [0.4, 0.5) is 5.69 Å². The highest BCUT2D eigenvalue weighted by Crippen LogP contribution is 2.38. The Labute approximate surface area is 184 Å². The summed E-state index contributed by atoms with van der Waals surface area (Å²) < 4.78 is 16.8. The van der Waals surface area contributed by atoms with Crippen molar-refractivity contribution in [3.8, 4) is 17.2 Å². The molecule has 0 aliphatic carbocycles. The molecule has 0 atom stereocenters. The molecule has 0 saturated heterocycles. The molecule has 0 aromatic heterocycles. The number of methoxy groups -OCH3 is 3. The molecule has 160 valence electrons. The predicted octanol–water partition coefficient (Wildman–Crippen LogP) is 3.94. The van der Waals surface area contributed by atoms with E-state index >= 15 is 0 Å². The SMILES string of the molecule is COc1cc(/C=C/C(=O)NCCC(=O)Nc2cc(Br)ccc2C)cc(OC)c1OC. The van der Waals surface area contributed by atoms with Crippen molar-refractivity contribution in [1.82, 2.24) is 5.32 Å². The smallest absolute Gasteiger partial charge is 0.244 e. The number of hydrogen-bond acceptors (Lipinski definition) is 5. The molecule has 0 saturated carbocycles. The number of carbonyl (C=O) groups is 2. The largest absolute Gasteiger partial charge is 0.493 e. The van der Waals surface area contributed by atoms with Crippen LogP contribution in [0.5, 0.6) is 17.2 Å². The molecule has 2 rings (SSSR count). The summed E-state index contributed by atoms with van der Waals surface area (Å²) in [7, 11) is 4.58. The number of hydrogen-bond donors (Lipinski definition) is 2. The van der Waals surface area contributed by atoms with Gasteiger partial charge in [-0.15, -0.1) is 0 Å². The third kappa shape index (κ3) is 6.52. The summed E-state index contributed by atoms with van der Waals surface area (Å²) in [6.45, 7) is 2.13. The molecule has 0 heterocycles. The average Bonchev–Trinajstić information content (AvgIpc) is 2.73. The Morgan fingerprint density at radius 1 is 1.03 bits per heavy atom. The highest BCUT2D eigenvalue weighted by molar-refractivity contribution is 9.10. The zero-order valence-electron chi connectivity index (χ0n) is 17.4. The fourth-order valence-electron chi connectivity index (χ4n) is 2.67. The van der Waals surface area contributed by atoms with Gasteiger partial charge in [-0.25, -0.2) is 0 Å². The predicted molar refractivity (Wildman–Crippen MR) is 120 cm³/mol. The maximum atomic E-state index is 12.1. The number of ether oxygens (including phenoxy) is 3. The minimum absolute atomic E-state index is 0.162. The molecule has 0 aliphatic heterocycles. The van der Waals surface area contributed by atoms with Gasteiger partial charge in [-0.3, -0.25) is 9.59 Å². The van der Waals surface area contributed by atoms with Crippen molar-refractivity contribution in [2.24, 2.45) is 0 Å². The first-order valence-electron chi connectivity index (χ1n) is 9.19. The van der Waals surface area contributed by atoms with E-state index in [0.717, 1.165) is 15.7 Å². The quantitative estimate of drug-likeness (QED) is 0.535. The first-order chi connectivity index (χ1) is 14.4. The lowest BCUT2D eigenvalue weighted by atomic mass is 10.1. The zero-order chi connectivity index (χ0) is 22.1. The van der Waals surface area contributed by atoms with Crippen LogP contribution in [0.25, 0.3) is 6.08 Å². The van der Waals surface area contributed by atoms with Gasteiger partial charge in [0.1, 0.15) is 0 Å². The number of benzene rings is 2. The summed E-state index contributed by atoms with van der Waals surface area (Å²) in [5.41, 5.74) is 2.41. The van der Waals surface area contributed by atoms with Crippen molar-refractivity contribution >= 4 is 39.5 Å². The second kappa shape index (κ2) is 11.3. The van der Waals surface area contributed by atoms with E-state index in [1.54, 1.807) is 18.2 Å². The van der Waals surface area contributed by atoms with E-state index in [4.69, 9.17) is 14.2 Å². The molecule has 8 heteroatoms. The third-order valence-electron chi connectivity index (χ3n) is 4.24. The van der Waals surface area contributed by atoms with Crippen molar-refractivity contribution in [3.63, 3.8) is 0 Å². The molecule has 2 N–H and O–H groups in total. The molecule has 2 aromatic carbocycles. The lowest BCUT2D eigenvalue weighted by Gasteiger charge is -2.12. The molecule has 2 amide bonds. The average molecular weight is 477 g/mol. The zero-order valence-corrected chi connectivity index (χ0v) is 19.0. The normalized spacial score (nSPS) is 10.6. The second-order valence-corrected chi connectivity index (χ2v) is 7.26. The lowest BCUT2D eigenvalue weighted by molar-refractivity contribution is -0.117. The van der Waals surface area contributed by atoms with Crippen molar-refractivity contribution in [1.29, 1.82) is 0 Å². The van der Waals surface area contributed by atoms with Gasteiger partial charge in [-0.1, -0.05) is 22.0 Å². The number of nitrogens with one attached hydrogen (secondary N) is 2. The minimum atomic E-state index is -0.310. The molecule has 30 heavy (non-hydrogen) atoms. The molecule has 0 aliphatic rings. The van der Waals surface area contributed by atoms with Crippen LogP contribution in [0.15, 0.2) is 40.9 Å². The third-order valence-corrected chi connectivity index (χ3v) is 4.73. The van der Waals surface area contributed by atoms with Crippen molar-refractivity contribution in [3.05, 3.63) is 52.0 Å². The fourth-order valence-corrected chi connectivity index (χ4v) is 3.03. The van der Waals surface area contributed by atoms with Gasteiger partial charge in [-0.2, -0.15) is 0 Å².